The van der Waals surface area contributed by atoms with Crippen LogP contribution in [0.1, 0.15) is 11.1 Å². The number of rotatable bonds is 8. The summed E-state index contributed by atoms with van der Waals surface area (Å²) in [5.74, 6) is 0. The lowest BCUT2D eigenvalue weighted by molar-refractivity contribution is 1.62. The van der Waals surface area contributed by atoms with Crippen LogP contribution in [0, 0.1) is 0 Å². The first-order valence-corrected chi connectivity index (χ1v) is 15.1. The van der Waals surface area contributed by atoms with Crippen LogP contribution in [0.4, 0.5) is 0 Å². The van der Waals surface area contributed by atoms with E-state index in [1.165, 1.54) is 43.4 Å². The van der Waals surface area contributed by atoms with Crippen LogP contribution in [0.5, 0.6) is 0 Å². The molecule has 6 aromatic rings. The molecular weight excluding hydrogens is 498 g/mol. The fourth-order valence-corrected chi connectivity index (χ4v) is 8.10. The van der Waals surface area contributed by atoms with E-state index in [4.69, 9.17) is 0 Å². The molecule has 0 atom stereocenters. The van der Waals surface area contributed by atoms with Crippen LogP contribution in [0.15, 0.2) is 182 Å². The van der Waals surface area contributed by atoms with Crippen LogP contribution in [-0.4, -0.2) is 6.71 Å². The maximum Gasteiger partial charge on any atom is 0.242 e. The van der Waals surface area contributed by atoms with Crippen LogP contribution in [-0.2, 0) is 0 Å². The third-order valence-corrected chi connectivity index (χ3v) is 9.77. The maximum absolute atomic E-state index is 2.30. The van der Waals surface area contributed by atoms with Crippen molar-refractivity contribution in [3.8, 4) is 0 Å². The largest absolute Gasteiger partial charge is 0.242 e. The summed E-state index contributed by atoms with van der Waals surface area (Å²) >= 11 is 0. The average Bonchev–Trinajstić information content (AvgIpc) is 3.05. The molecule has 0 saturated heterocycles. The quantitative estimate of drug-likeness (QED) is 0.109. The first kappa shape index (κ1) is 25.8. The normalized spacial score (nSPS) is 11.6. The van der Waals surface area contributed by atoms with Crippen molar-refractivity contribution in [3.63, 3.8) is 0 Å². The van der Waals surface area contributed by atoms with Gasteiger partial charge >= 0.3 is 0 Å². The van der Waals surface area contributed by atoms with Crippen molar-refractivity contribution in [3.05, 3.63) is 193 Å². The molecular formula is C38H30BP. The molecule has 40 heavy (non-hydrogen) atoms. The highest BCUT2D eigenvalue weighted by Crippen LogP contribution is 2.52. The second-order valence-corrected chi connectivity index (χ2v) is 11.9. The van der Waals surface area contributed by atoms with E-state index in [1.807, 2.05) is 0 Å². The zero-order chi connectivity index (χ0) is 27.0. The van der Waals surface area contributed by atoms with E-state index in [0.29, 0.717) is 0 Å². The van der Waals surface area contributed by atoms with Crippen LogP contribution in [0.3, 0.4) is 0 Å². The van der Waals surface area contributed by atoms with Crippen molar-refractivity contribution in [2.45, 2.75) is 0 Å². The molecule has 0 N–H and O–H groups in total. The smallest absolute Gasteiger partial charge is 0.0686 e. The highest BCUT2D eigenvalue weighted by molar-refractivity contribution is 7.82. The molecule has 0 radical (unpaired) electrons. The summed E-state index contributed by atoms with van der Waals surface area (Å²) in [6, 6.07) is 66.1. The minimum Gasteiger partial charge on any atom is -0.0686 e. The zero-order valence-electron chi connectivity index (χ0n) is 22.3. The Morgan fingerprint density at radius 2 is 0.675 bits per heavy atom. The standard InChI is InChI=1S/C38H30BP/c1-7-19-31(20-8-1)37(39(33-23-11-3-12-24-33)34-25-13-4-14-26-34)38(32-21-9-2-10-22-32)40(35-27-15-5-16-28-35)36-29-17-6-18-30-36/h1-30H/b38-37+. The minimum absolute atomic E-state index is 0.0532. The van der Waals surface area contributed by atoms with Gasteiger partial charge in [0.25, 0.3) is 0 Å². The number of hydrogen-bond donors (Lipinski definition) is 0. The average molecular weight is 528 g/mol. The molecule has 6 aromatic carbocycles. The van der Waals surface area contributed by atoms with Crippen LogP contribution in [0.25, 0.3) is 10.8 Å². The van der Waals surface area contributed by atoms with E-state index >= 15 is 0 Å². The molecule has 6 rings (SSSR count). The van der Waals surface area contributed by atoms with Gasteiger partial charge in [0.05, 0.1) is 0 Å². The van der Waals surface area contributed by atoms with E-state index in [0.717, 1.165) is 0 Å². The van der Waals surface area contributed by atoms with Gasteiger partial charge in [-0.1, -0.05) is 198 Å². The number of hydrogen-bond acceptors (Lipinski definition) is 0. The van der Waals surface area contributed by atoms with Gasteiger partial charge in [-0.05, 0) is 35.0 Å². The minimum atomic E-state index is -0.887. The van der Waals surface area contributed by atoms with Crippen molar-refractivity contribution < 1.29 is 0 Å². The van der Waals surface area contributed by atoms with Gasteiger partial charge in [-0.25, -0.2) is 0 Å². The predicted octanol–water partition coefficient (Wildman–Crippen LogP) is 7.54. The van der Waals surface area contributed by atoms with Crippen LogP contribution >= 0.6 is 7.92 Å². The van der Waals surface area contributed by atoms with E-state index in [1.54, 1.807) is 0 Å². The molecule has 0 amide bonds. The van der Waals surface area contributed by atoms with Gasteiger partial charge in [-0.2, -0.15) is 0 Å². The van der Waals surface area contributed by atoms with E-state index in [-0.39, 0.29) is 6.71 Å². The molecule has 190 valence electrons. The fourth-order valence-electron chi connectivity index (χ4n) is 5.44. The molecule has 0 bridgehead atoms. The van der Waals surface area contributed by atoms with Crippen molar-refractivity contribution in [1.29, 1.82) is 0 Å². The Hall–Kier alpha value is -4.45. The summed E-state index contributed by atoms with van der Waals surface area (Å²) in [5, 5.41) is 4.07. The Balaban J connectivity index is 1.78. The van der Waals surface area contributed by atoms with Crippen LogP contribution in [0.2, 0.25) is 0 Å². The zero-order valence-corrected chi connectivity index (χ0v) is 23.2. The Labute approximate surface area is 239 Å². The molecule has 0 nitrogen and oxygen atoms in total. The van der Waals surface area contributed by atoms with E-state index in [2.05, 4.69) is 182 Å². The van der Waals surface area contributed by atoms with Gasteiger partial charge in [0.1, 0.15) is 0 Å². The fraction of sp³-hybridized carbons (Fsp3) is 0. The number of benzene rings is 6. The summed E-state index contributed by atoms with van der Waals surface area (Å²) in [6.45, 7) is 0.0532. The van der Waals surface area contributed by atoms with Gasteiger partial charge in [0, 0.05) is 0 Å². The SMILES string of the molecule is c1ccc(B(/C(=C(\c2ccccc2)P(c2ccccc2)c2ccccc2)c2ccccc2)c2ccccc2)cc1. The highest BCUT2D eigenvalue weighted by atomic mass is 31.1. The maximum atomic E-state index is 2.30. The Kier molecular flexibility index (Phi) is 8.13. The molecule has 0 aliphatic rings. The molecule has 0 aliphatic heterocycles. The van der Waals surface area contributed by atoms with Crippen molar-refractivity contribution in [2.75, 3.05) is 0 Å². The Morgan fingerprint density at radius 1 is 0.350 bits per heavy atom. The lowest BCUT2D eigenvalue weighted by Crippen LogP contribution is -2.44. The first-order valence-electron chi connectivity index (χ1n) is 13.8. The van der Waals surface area contributed by atoms with Gasteiger partial charge < -0.3 is 0 Å². The van der Waals surface area contributed by atoms with Crippen molar-refractivity contribution in [2.24, 2.45) is 0 Å². The van der Waals surface area contributed by atoms with Crippen LogP contribution < -0.4 is 21.5 Å². The monoisotopic (exact) mass is 528 g/mol. The lowest BCUT2D eigenvalue weighted by atomic mass is 9.35. The first-order chi connectivity index (χ1) is 19.9. The third-order valence-electron chi connectivity index (χ3n) is 7.19. The summed E-state index contributed by atoms with van der Waals surface area (Å²) in [7, 11) is -0.887. The predicted molar refractivity (Wildman–Crippen MR) is 177 cm³/mol. The van der Waals surface area contributed by atoms with Crippen molar-refractivity contribution >= 4 is 47.0 Å². The lowest BCUT2D eigenvalue weighted by Gasteiger charge is -2.30. The molecule has 0 unspecified atom stereocenters. The molecule has 0 fully saturated rings. The second kappa shape index (κ2) is 12.6. The summed E-state index contributed by atoms with van der Waals surface area (Å²) in [5.41, 5.74) is 6.44. The molecule has 0 saturated carbocycles. The van der Waals surface area contributed by atoms with Gasteiger partial charge in [0.2, 0.25) is 6.71 Å². The molecule has 0 aliphatic carbocycles. The van der Waals surface area contributed by atoms with Gasteiger partial charge in [-0.15, -0.1) is 0 Å². The Morgan fingerprint density at radius 3 is 1.07 bits per heavy atom. The van der Waals surface area contributed by atoms with Gasteiger partial charge in [0.15, 0.2) is 0 Å². The molecule has 2 heteroatoms. The van der Waals surface area contributed by atoms with E-state index < -0.39 is 7.92 Å². The topological polar surface area (TPSA) is 0 Å². The van der Waals surface area contributed by atoms with E-state index in [9.17, 15) is 0 Å². The molecule has 0 spiro atoms. The summed E-state index contributed by atoms with van der Waals surface area (Å²) in [6.07, 6.45) is 0. The second-order valence-electron chi connectivity index (χ2n) is 9.76. The third kappa shape index (κ3) is 5.62. The molecule has 0 heterocycles. The summed E-state index contributed by atoms with van der Waals surface area (Å²) < 4.78 is 0. The highest BCUT2D eigenvalue weighted by Gasteiger charge is 2.32. The molecule has 0 aromatic heterocycles. The Bertz CT molecular complexity index is 1440. The van der Waals surface area contributed by atoms with Crippen molar-refractivity contribution in [1.82, 2.24) is 0 Å². The van der Waals surface area contributed by atoms with Gasteiger partial charge in [-0.3, -0.25) is 0 Å². The summed E-state index contributed by atoms with van der Waals surface area (Å²) in [4.78, 5) is 0.